The fourth-order valence-corrected chi connectivity index (χ4v) is 1.51. The van der Waals surface area contributed by atoms with Gasteiger partial charge in [-0.3, -0.25) is 0 Å². The van der Waals surface area contributed by atoms with E-state index < -0.39 is 0 Å². The van der Waals surface area contributed by atoms with E-state index in [0.29, 0.717) is 5.92 Å². The summed E-state index contributed by atoms with van der Waals surface area (Å²) in [6, 6.07) is 0. The van der Waals surface area contributed by atoms with Crippen LogP contribution in [0, 0.1) is 5.92 Å². The molecule has 0 N–H and O–H groups in total. The Balaban J connectivity index is 2.18. The van der Waals surface area contributed by atoms with Crippen LogP contribution in [0.2, 0.25) is 0 Å². The molecule has 0 aliphatic heterocycles. The fourth-order valence-electron chi connectivity index (χ4n) is 1.51. The molecule has 0 aromatic rings. The van der Waals surface area contributed by atoms with E-state index in [1.807, 2.05) is 0 Å². The first-order valence-corrected chi connectivity index (χ1v) is 4.70. The Morgan fingerprint density at radius 3 is 3.17 bits per heavy atom. The van der Waals surface area contributed by atoms with Crippen molar-refractivity contribution in [1.29, 1.82) is 0 Å². The van der Waals surface area contributed by atoms with Gasteiger partial charge in [0.1, 0.15) is 6.29 Å². The summed E-state index contributed by atoms with van der Waals surface area (Å²) in [5, 5.41) is 0. The summed E-state index contributed by atoms with van der Waals surface area (Å²) in [6.45, 7) is 0. The van der Waals surface area contributed by atoms with Crippen LogP contribution in [-0.4, -0.2) is 6.29 Å². The van der Waals surface area contributed by atoms with Gasteiger partial charge in [-0.05, 0) is 31.6 Å². The standard InChI is InChI=1S/C11H16O/c12-10-6-5-9-11-7-3-1-2-4-8-11/h1-3,7,10-11H,4-6,8-9H2. The average Bonchev–Trinajstić information content (AvgIpc) is 2.33. The van der Waals surface area contributed by atoms with Crippen LogP contribution in [0.3, 0.4) is 0 Å². The molecule has 0 saturated heterocycles. The Morgan fingerprint density at radius 1 is 1.42 bits per heavy atom. The highest BCUT2D eigenvalue weighted by atomic mass is 16.1. The Kier molecular flexibility index (Phi) is 4.43. The Bertz CT molecular complexity index is 179. The largest absolute Gasteiger partial charge is 0.303 e. The number of allylic oxidation sites excluding steroid dienone is 4. The first kappa shape index (κ1) is 9.24. The molecule has 1 unspecified atom stereocenters. The maximum Gasteiger partial charge on any atom is 0.119 e. The SMILES string of the molecule is O=CCCCC1C=CC=CCC1. The van der Waals surface area contributed by atoms with E-state index in [1.165, 1.54) is 12.8 Å². The van der Waals surface area contributed by atoms with Crippen LogP contribution in [0.4, 0.5) is 0 Å². The van der Waals surface area contributed by atoms with Gasteiger partial charge in [-0.15, -0.1) is 0 Å². The van der Waals surface area contributed by atoms with Gasteiger partial charge in [0.25, 0.3) is 0 Å². The molecule has 0 aromatic heterocycles. The lowest BCUT2D eigenvalue weighted by atomic mass is 9.97. The summed E-state index contributed by atoms with van der Waals surface area (Å²) in [7, 11) is 0. The van der Waals surface area contributed by atoms with Gasteiger partial charge in [0, 0.05) is 6.42 Å². The number of unbranched alkanes of at least 4 members (excludes halogenated alkanes) is 1. The molecular formula is C11H16O. The highest BCUT2D eigenvalue weighted by molar-refractivity contribution is 5.48. The van der Waals surface area contributed by atoms with Crippen molar-refractivity contribution in [1.82, 2.24) is 0 Å². The second-order valence-electron chi connectivity index (χ2n) is 3.25. The van der Waals surface area contributed by atoms with E-state index in [-0.39, 0.29) is 0 Å². The van der Waals surface area contributed by atoms with E-state index in [9.17, 15) is 4.79 Å². The third kappa shape index (κ3) is 3.51. The highest BCUT2D eigenvalue weighted by Crippen LogP contribution is 2.18. The van der Waals surface area contributed by atoms with Crippen LogP contribution in [0.1, 0.15) is 32.1 Å². The van der Waals surface area contributed by atoms with Crippen molar-refractivity contribution in [3.63, 3.8) is 0 Å². The molecule has 1 rings (SSSR count). The van der Waals surface area contributed by atoms with Crippen molar-refractivity contribution in [2.45, 2.75) is 32.1 Å². The summed E-state index contributed by atoms with van der Waals surface area (Å²) >= 11 is 0. The molecule has 1 atom stereocenters. The zero-order valence-electron chi connectivity index (χ0n) is 7.41. The van der Waals surface area contributed by atoms with Crippen molar-refractivity contribution in [3.05, 3.63) is 24.3 Å². The molecule has 1 heteroatoms. The minimum atomic E-state index is 0.694. The second-order valence-corrected chi connectivity index (χ2v) is 3.25. The van der Waals surface area contributed by atoms with E-state index in [1.54, 1.807) is 0 Å². The summed E-state index contributed by atoms with van der Waals surface area (Å²) in [4.78, 5) is 10.1. The summed E-state index contributed by atoms with van der Waals surface area (Å²) < 4.78 is 0. The quantitative estimate of drug-likeness (QED) is 0.461. The molecule has 0 spiro atoms. The lowest BCUT2D eigenvalue weighted by Crippen LogP contribution is -1.95. The first-order chi connectivity index (χ1) is 5.93. The molecule has 0 aromatic carbocycles. The van der Waals surface area contributed by atoms with E-state index in [0.717, 1.165) is 25.5 Å². The van der Waals surface area contributed by atoms with Crippen molar-refractivity contribution in [3.8, 4) is 0 Å². The molecule has 12 heavy (non-hydrogen) atoms. The minimum Gasteiger partial charge on any atom is -0.303 e. The minimum absolute atomic E-state index is 0.694. The Labute approximate surface area is 74.2 Å². The number of aldehydes is 1. The van der Waals surface area contributed by atoms with Crippen molar-refractivity contribution in [2.24, 2.45) is 5.92 Å². The molecule has 1 nitrogen and oxygen atoms in total. The van der Waals surface area contributed by atoms with Gasteiger partial charge in [0.2, 0.25) is 0 Å². The monoisotopic (exact) mass is 164 g/mol. The van der Waals surface area contributed by atoms with E-state index in [2.05, 4.69) is 24.3 Å². The van der Waals surface area contributed by atoms with Crippen molar-refractivity contribution >= 4 is 6.29 Å². The van der Waals surface area contributed by atoms with Gasteiger partial charge in [0.05, 0.1) is 0 Å². The number of hydrogen-bond acceptors (Lipinski definition) is 1. The van der Waals surface area contributed by atoms with Gasteiger partial charge >= 0.3 is 0 Å². The number of hydrogen-bond donors (Lipinski definition) is 0. The summed E-state index contributed by atoms with van der Waals surface area (Å²) in [5.74, 6) is 0.694. The number of rotatable bonds is 4. The lowest BCUT2D eigenvalue weighted by molar-refractivity contribution is -0.107. The second kappa shape index (κ2) is 5.76. The molecule has 0 radical (unpaired) electrons. The van der Waals surface area contributed by atoms with Crippen LogP contribution in [0.25, 0.3) is 0 Å². The van der Waals surface area contributed by atoms with Crippen LogP contribution in [0.15, 0.2) is 24.3 Å². The van der Waals surface area contributed by atoms with Gasteiger partial charge in [-0.2, -0.15) is 0 Å². The van der Waals surface area contributed by atoms with E-state index >= 15 is 0 Å². The molecule has 0 heterocycles. The van der Waals surface area contributed by atoms with Crippen molar-refractivity contribution in [2.75, 3.05) is 0 Å². The molecular weight excluding hydrogens is 148 g/mol. The summed E-state index contributed by atoms with van der Waals surface area (Å²) in [6.07, 6.45) is 15.1. The van der Waals surface area contributed by atoms with Crippen LogP contribution in [-0.2, 0) is 4.79 Å². The third-order valence-electron chi connectivity index (χ3n) is 2.23. The first-order valence-electron chi connectivity index (χ1n) is 4.70. The van der Waals surface area contributed by atoms with Gasteiger partial charge in [0.15, 0.2) is 0 Å². The molecule has 1 aliphatic rings. The number of carbonyl (C=O) groups excluding carboxylic acids is 1. The molecule has 66 valence electrons. The van der Waals surface area contributed by atoms with Crippen LogP contribution >= 0.6 is 0 Å². The van der Waals surface area contributed by atoms with Gasteiger partial charge in [-0.25, -0.2) is 0 Å². The molecule has 0 amide bonds. The smallest absolute Gasteiger partial charge is 0.119 e. The highest BCUT2D eigenvalue weighted by Gasteiger charge is 2.04. The fraction of sp³-hybridized carbons (Fsp3) is 0.545. The average molecular weight is 164 g/mol. The number of carbonyl (C=O) groups is 1. The molecule has 0 fully saturated rings. The van der Waals surface area contributed by atoms with Crippen molar-refractivity contribution < 1.29 is 4.79 Å². The van der Waals surface area contributed by atoms with Gasteiger partial charge in [-0.1, -0.05) is 24.3 Å². The van der Waals surface area contributed by atoms with Crippen LogP contribution in [0.5, 0.6) is 0 Å². The molecule has 0 bridgehead atoms. The summed E-state index contributed by atoms with van der Waals surface area (Å²) in [5.41, 5.74) is 0. The van der Waals surface area contributed by atoms with E-state index in [4.69, 9.17) is 0 Å². The Morgan fingerprint density at radius 2 is 2.33 bits per heavy atom. The lowest BCUT2D eigenvalue weighted by Gasteiger charge is -2.08. The van der Waals surface area contributed by atoms with Crippen LogP contribution < -0.4 is 0 Å². The Hall–Kier alpha value is -0.850. The normalized spacial score (nSPS) is 22.2. The topological polar surface area (TPSA) is 17.1 Å². The maximum absolute atomic E-state index is 10.1. The third-order valence-corrected chi connectivity index (χ3v) is 2.23. The zero-order chi connectivity index (χ0) is 8.65. The maximum atomic E-state index is 10.1. The van der Waals surface area contributed by atoms with Gasteiger partial charge < -0.3 is 4.79 Å². The predicted molar refractivity (Wildman–Crippen MR) is 50.9 cm³/mol. The predicted octanol–water partition coefficient (Wildman–Crippen LogP) is 2.88. The molecule has 0 saturated carbocycles. The molecule has 1 aliphatic carbocycles. The zero-order valence-corrected chi connectivity index (χ0v) is 7.41.